The molecule has 1 N–H and O–H groups in total. The molecule has 0 spiro atoms. The Morgan fingerprint density at radius 2 is 1.84 bits per heavy atom. The second kappa shape index (κ2) is 4.93. The van der Waals surface area contributed by atoms with Gasteiger partial charge in [0.25, 0.3) is 0 Å². The highest BCUT2D eigenvalue weighted by Crippen LogP contribution is 2.38. The van der Waals surface area contributed by atoms with E-state index in [4.69, 9.17) is 0 Å². The molecule has 0 bridgehead atoms. The van der Waals surface area contributed by atoms with Crippen LogP contribution in [0.3, 0.4) is 0 Å². The van der Waals surface area contributed by atoms with Gasteiger partial charge in [0.1, 0.15) is 5.82 Å². The zero-order valence-electron chi connectivity index (χ0n) is 10.1. The fourth-order valence-corrected chi connectivity index (χ4v) is 2.84. The number of anilines is 1. The average Bonchev–Trinajstić information content (AvgIpc) is 2.89. The lowest BCUT2D eigenvalue weighted by atomic mass is 9.98. The summed E-state index contributed by atoms with van der Waals surface area (Å²) in [7, 11) is 0. The summed E-state index contributed by atoms with van der Waals surface area (Å²) in [5.41, 5.74) is 2.48. The summed E-state index contributed by atoms with van der Waals surface area (Å²) in [6.45, 7) is 0.806. The van der Waals surface area contributed by atoms with Gasteiger partial charge in [0.05, 0.1) is 4.47 Å². The Bertz CT molecular complexity index is 628. The molecule has 2 aromatic carbocycles. The van der Waals surface area contributed by atoms with Crippen molar-refractivity contribution in [3.05, 3.63) is 63.4 Å². The number of hydrogen-bond donors (Lipinski definition) is 1. The highest BCUT2D eigenvalue weighted by molar-refractivity contribution is 9.10. The van der Waals surface area contributed by atoms with Crippen LogP contribution in [0.15, 0.2) is 40.9 Å². The van der Waals surface area contributed by atoms with Gasteiger partial charge in [0.2, 0.25) is 0 Å². The van der Waals surface area contributed by atoms with E-state index in [2.05, 4.69) is 21.2 Å². The number of para-hydroxylation sites is 1. The first-order chi connectivity index (χ1) is 9.18. The fourth-order valence-electron chi connectivity index (χ4n) is 2.46. The largest absolute Gasteiger partial charge is 0.384 e. The number of nitrogens with one attached hydrogen (secondary N) is 1. The molecule has 2 aromatic rings. The maximum atomic E-state index is 14.7. The molecule has 98 valence electrons. The third-order valence-electron chi connectivity index (χ3n) is 3.41. The van der Waals surface area contributed by atoms with Gasteiger partial charge >= 0.3 is 0 Å². The summed E-state index contributed by atoms with van der Waals surface area (Å²) < 4.78 is 28.9. The molecule has 19 heavy (non-hydrogen) atoms. The summed E-state index contributed by atoms with van der Waals surface area (Å²) in [5.74, 6) is -0.536. The lowest BCUT2D eigenvalue weighted by molar-refractivity contribution is 0.388. The first kappa shape index (κ1) is 12.6. The lowest BCUT2D eigenvalue weighted by Gasteiger charge is -2.15. The van der Waals surface area contributed by atoms with Crippen LogP contribution in [0.25, 0.3) is 0 Å². The Hall–Kier alpha value is -1.42. The molecule has 1 aliphatic heterocycles. The van der Waals surface area contributed by atoms with Crippen LogP contribution < -0.4 is 5.32 Å². The van der Waals surface area contributed by atoms with Crippen molar-refractivity contribution in [1.29, 1.82) is 0 Å². The predicted molar refractivity (Wildman–Crippen MR) is 75.7 cm³/mol. The van der Waals surface area contributed by atoms with Crippen LogP contribution in [-0.4, -0.2) is 6.54 Å². The molecule has 0 saturated heterocycles. The minimum Gasteiger partial charge on any atom is -0.384 e. The minimum atomic E-state index is -1.46. The Morgan fingerprint density at radius 1 is 1.11 bits per heavy atom. The Balaban J connectivity index is 2.08. The number of benzene rings is 2. The van der Waals surface area contributed by atoms with Crippen LogP contribution >= 0.6 is 15.9 Å². The zero-order chi connectivity index (χ0) is 13.4. The van der Waals surface area contributed by atoms with Crippen molar-refractivity contribution in [2.75, 3.05) is 11.9 Å². The lowest BCUT2D eigenvalue weighted by Crippen LogP contribution is -2.02. The molecule has 1 atom stereocenters. The Kier molecular flexibility index (Phi) is 3.27. The van der Waals surface area contributed by atoms with Gasteiger partial charge in [-0.05, 0) is 34.0 Å². The van der Waals surface area contributed by atoms with E-state index in [1.807, 2.05) is 12.1 Å². The highest BCUT2D eigenvalue weighted by atomic mass is 79.9. The van der Waals surface area contributed by atoms with Crippen LogP contribution in [0.2, 0.25) is 0 Å². The molecular weight excluding hydrogens is 312 g/mol. The van der Waals surface area contributed by atoms with Crippen LogP contribution in [0.5, 0.6) is 0 Å². The van der Waals surface area contributed by atoms with E-state index < -0.39 is 12.0 Å². The molecular formula is C15H12BrF2N. The molecule has 0 fully saturated rings. The van der Waals surface area contributed by atoms with Crippen molar-refractivity contribution >= 4 is 21.6 Å². The van der Waals surface area contributed by atoms with Crippen molar-refractivity contribution in [2.24, 2.45) is 0 Å². The molecule has 1 aliphatic rings. The number of halogens is 3. The Morgan fingerprint density at radius 3 is 2.68 bits per heavy atom. The SMILES string of the molecule is Fc1c(Br)cccc1C(F)c1cccc2c1NCC2. The molecule has 0 aliphatic carbocycles. The number of alkyl halides is 1. The molecule has 1 unspecified atom stereocenters. The first-order valence-corrected chi connectivity index (χ1v) is 6.91. The third-order valence-corrected chi connectivity index (χ3v) is 4.02. The van der Waals surface area contributed by atoms with Crippen LogP contribution in [0.4, 0.5) is 14.5 Å². The number of rotatable bonds is 2. The molecule has 0 radical (unpaired) electrons. The van der Waals surface area contributed by atoms with Crippen LogP contribution in [0.1, 0.15) is 22.9 Å². The van der Waals surface area contributed by atoms with Crippen molar-refractivity contribution < 1.29 is 8.78 Å². The average molecular weight is 324 g/mol. The molecule has 0 aromatic heterocycles. The molecule has 1 heterocycles. The molecule has 0 amide bonds. The summed E-state index contributed by atoms with van der Waals surface area (Å²) in [6.07, 6.45) is -0.574. The highest BCUT2D eigenvalue weighted by Gasteiger charge is 2.24. The molecule has 4 heteroatoms. The topological polar surface area (TPSA) is 12.0 Å². The van der Waals surface area contributed by atoms with Crippen LogP contribution in [-0.2, 0) is 6.42 Å². The molecule has 1 nitrogen and oxygen atoms in total. The van der Waals surface area contributed by atoms with Gasteiger partial charge in [0, 0.05) is 23.4 Å². The van der Waals surface area contributed by atoms with Gasteiger partial charge in [0.15, 0.2) is 6.17 Å². The predicted octanol–water partition coefficient (Wildman–Crippen LogP) is 4.62. The molecule has 0 saturated carbocycles. The van der Waals surface area contributed by atoms with Gasteiger partial charge < -0.3 is 5.32 Å². The summed E-state index contributed by atoms with van der Waals surface area (Å²) in [4.78, 5) is 0. The number of hydrogen-bond acceptors (Lipinski definition) is 1. The zero-order valence-corrected chi connectivity index (χ0v) is 11.7. The van der Waals surface area contributed by atoms with Crippen LogP contribution in [0, 0.1) is 5.82 Å². The minimum absolute atomic E-state index is 0.0662. The van der Waals surface area contributed by atoms with Gasteiger partial charge in [-0.15, -0.1) is 0 Å². The van der Waals surface area contributed by atoms with Crippen molar-refractivity contribution in [3.8, 4) is 0 Å². The van der Waals surface area contributed by atoms with E-state index in [0.29, 0.717) is 5.56 Å². The normalized spacial score (nSPS) is 14.9. The van der Waals surface area contributed by atoms with Gasteiger partial charge in [-0.2, -0.15) is 0 Å². The summed E-state index contributed by atoms with van der Waals surface area (Å²) in [5, 5.41) is 3.18. The summed E-state index contributed by atoms with van der Waals surface area (Å²) >= 11 is 3.09. The second-order valence-corrected chi connectivity index (χ2v) is 5.42. The maximum absolute atomic E-state index is 14.7. The van der Waals surface area contributed by atoms with E-state index in [1.54, 1.807) is 18.2 Å². The smallest absolute Gasteiger partial charge is 0.155 e. The van der Waals surface area contributed by atoms with E-state index in [0.717, 1.165) is 24.2 Å². The van der Waals surface area contributed by atoms with Gasteiger partial charge in [-0.1, -0.05) is 30.3 Å². The summed E-state index contributed by atoms with van der Waals surface area (Å²) in [6, 6.07) is 10.2. The second-order valence-electron chi connectivity index (χ2n) is 4.56. The van der Waals surface area contributed by atoms with Gasteiger partial charge in [-0.25, -0.2) is 8.78 Å². The van der Waals surface area contributed by atoms with Gasteiger partial charge in [-0.3, -0.25) is 0 Å². The third kappa shape index (κ3) is 2.14. The monoisotopic (exact) mass is 323 g/mol. The standard InChI is InChI=1S/C15H12BrF2N/c16-12-6-2-4-10(14(12)18)13(17)11-5-1-3-9-7-8-19-15(9)11/h1-6,13,19H,7-8H2. The van der Waals surface area contributed by atoms with Crippen molar-refractivity contribution in [1.82, 2.24) is 0 Å². The molecule has 3 rings (SSSR count). The van der Waals surface area contributed by atoms with E-state index in [9.17, 15) is 8.78 Å². The maximum Gasteiger partial charge on any atom is 0.155 e. The van der Waals surface area contributed by atoms with Crippen molar-refractivity contribution in [2.45, 2.75) is 12.6 Å². The van der Waals surface area contributed by atoms with E-state index >= 15 is 0 Å². The van der Waals surface area contributed by atoms with Crippen molar-refractivity contribution in [3.63, 3.8) is 0 Å². The van der Waals surface area contributed by atoms with E-state index in [-0.39, 0.29) is 10.0 Å². The quantitative estimate of drug-likeness (QED) is 0.850. The van der Waals surface area contributed by atoms with E-state index in [1.165, 1.54) is 6.07 Å². The Labute approximate surface area is 118 Å². The number of fused-ring (bicyclic) bond motifs is 1. The fraction of sp³-hybridized carbons (Fsp3) is 0.200. The first-order valence-electron chi connectivity index (χ1n) is 6.12.